The molecule has 1 saturated heterocycles. The van der Waals surface area contributed by atoms with Crippen LogP contribution in [0.5, 0.6) is 0 Å². The first kappa shape index (κ1) is 20.3. The van der Waals surface area contributed by atoms with Crippen LogP contribution in [-0.4, -0.2) is 67.0 Å². The molecule has 2 amide bonds. The Labute approximate surface area is 177 Å². The number of anilines is 1. The van der Waals surface area contributed by atoms with Gasteiger partial charge in [-0.2, -0.15) is 0 Å². The zero-order valence-electron chi connectivity index (χ0n) is 17.4. The van der Waals surface area contributed by atoms with Crippen molar-refractivity contribution in [3.05, 3.63) is 59.9 Å². The molecule has 30 heavy (non-hydrogen) atoms. The molecular formula is C23H29N5O2. The van der Waals surface area contributed by atoms with Crippen molar-refractivity contribution in [2.45, 2.75) is 31.3 Å². The summed E-state index contributed by atoms with van der Waals surface area (Å²) in [5.74, 6) is -0.139. The van der Waals surface area contributed by atoms with E-state index in [9.17, 15) is 9.59 Å². The number of hydrogen-bond donors (Lipinski definition) is 2. The van der Waals surface area contributed by atoms with Gasteiger partial charge in [-0.1, -0.05) is 0 Å². The Morgan fingerprint density at radius 1 is 0.833 bits per heavy atom. The molecule has 0 unspecified atom stereocenters. The lowest BCUT2D eigenvalue weighted by atomic mass is 10.1. The van der Waals surface area contributed by atoms with Gasteiger partial charge in [0.25, 0.3) is 11.8 Å². The third-order valence-corrected chi connectivity index (χ3v) is 6.04. The molecule has 2 fully saturated rings. The van der Waals surface area contributed by atoms with Gasteiger partial charge in [0.1, 0.15) is 0 Å². The quantitative estimate of drug-likeness (QED) is 0.792. The minimum absolute atomic E-state index is 0.0500. The minimum Gasteiger partial charge on any atom is -0.369 e. The average molecular weight is 408 g/mol. The van der Waals surface area contributed by atoms with Gasteiger partial charge in [0.2, 0.25) is 0 Å². The molecule has 2 aliphatic rings. The monoisotopic (exact) mass is 407 g/mol. The van der Waals surface area contributed by atoms with Crippen molar-refractivity contribution < 1.29 is 9.59 Å². The highest BCUT2D eigenvalue weighted by Crippen LogP contribution is 2.21. The maximum atomic E-state index is 12.7. The van der Waals surface area contributed by atoms with Crippen LogP contribution in [-0.2, 0) is 0 Å². The second kappa shape index (κ2) is 9.26. The highest BCUT2D eigenvalue weighted by atomic mass is 16.2. The zero-order valence-corrected chi connectivity index (χ0v) is 17.4. The predicted molar refractivity (Wildman–Crippen MR) is 117 cm³/mol. The van der Waals surface area contributed by atoms with E-state index in [1.165, 1.54) is 5.69 Å². The summed E-state index contributed by atoms with van der Waals surface area (Å²) in [6.07, 6.45) is 5.71. The van der Waals surface area contributed by atoms with Crippen LogP contribution in [0.1, 0.15) is 40.0 Å². The Morgan fingerprint density at radius 3 is 1.93 bits per heavy atom. The van der Waals surface area contributed by atoms with Crippen LogP contribution in [0.2, 0.25) is 0 Å². The molecule has 2 aromatic rings. The van der Waals surface area contributed by atoms with Crippen LogP contribution in [0, 0.1) is 0 Å². The Morgan fingerprint density at radius 2 is 1.37 bits per heavy atom. The van der Waals surface area contributed by atoms with Gasteiger partial charge in [0.05, 0.1) is 0 Å². The van der Waals surface area contributed by atoms with Gasteiger partial charge in [-0.25, -0.2) is 0 Å². The third-order valence-electron chi connectivity index (χ3n) is 6.04. The largest absolute Gasteiger partial charge is 0.369 e. The fraction of sp³-hybridized carbons (Fsp3) is 0.435. The maximum Gasteiger partial charge on any atom is 0.251 e. The lowest BCUT2D eigenvalue weighted by Gasteiger charge is -2.34. The van der Waals surface area contributed by atoms with Crippen molar-refractivity contribution in [1.82, 2.24) is 20.5 Å². The number of amides is 2. The molecule has 0 radical (unpaired) electrons. The third kappa shape index (κ3) is 4.97. The first-order valence-electron chi connectivity index (χ1n) is 10.6. The van der Waals surface area contributed by atoms with Crippen LogP contribution >= 0.6 is 0 Å². The summed E-state index contributed by atoms with van der Waals surface area (Å²) >= 11 is 0. The number of carbonyl (C=O) groups is 2. The summed E-state index contributed by atoms with van der Waals surface area (Å²) in [5.41, 5.74) is 2.45. The molecule has 7 heteroatoms. The van der Waals surface area contributed by atoms with Crippen molar-refractivity contribution in [1.29, 1.82) is 0 Å². The summed E-state index contributed by atoms with van der Waals surface area (Å²) in [6.45, 7) is 4.14. The average Bonchev–Trinajstić information content (AvgIpc) is 3.21. The minimum atomic E-state index is -0.0890. The van der Waals surface area contributed by atoms with E-state index in [-0.39, 0.29) is 23.9 Å². The molecule has 2 N–H and O–H groups in total. The Kier molecular flexibility index (Phi) is 6.28. The van der Waals surface area contributed by atoms with Gasteiger partial charge in [-0.3, -0.25) is 14.6 Å². The Balaban J connectivity index is 1.26. The number of benzene rings is 1. The Hall–Kier alpha value is -2.93. The van der Waals surface area contributed by atoms with Crippen molar-refractivity contribution in [3.63, 3.8) is 0 Å². The number of pyridine rings is 1. The van der Waals surface area contributed by atoms with E-state index in [0.717, 1.165) is 45.4 Å². The molecule has 0 bridgehead atoms. The molecule has 0 spiro atoms. The highest BCUT2D eigenvalue weighted by Gasteiger charge is 2.27. The smallest absolute Gasteiger partial charge is 0.251 e. The number of aromatic nitrogens is 1. The fourth-order valence-corrected chi connectivity index (χ4v) is 4.17. The number of carbonyl (C=O) groups excluding carboxylic acids is 2. The van der Waals surface area contributed by atoms with E-state index in [2.05, 4.69) is 32.5 Å². The van der Waals surface area contributed by atoms with E-state index in [0.29, 0.717) is 11.1 Å². The number of nitrogens with zero attached hydrogens (tertiary/aromatic N) is 3. The fourth-order valence-electron chi connectivity index (χ4n) is 4.17. The topological polar surface area (TPSA) is 77.6 Å². The SMILES string of the molecule is CN1CCN(c2ccc(C(=O)N[C@H]3CC[C@@H](NC(=O)c4ccncc4)C3)cc2)CC1. The van der Waals surface area contributed by atoms with E-state index in [1.54, 1.807) is 24.5 Å². The van der Waals surface area contributed by atoms with Crippen LogP contribution in [0.4, 0.5) is 5.69 Å². The molecule has 1 aromatic carbocycles. The molecule has 7 nitrogen and oxygen atoms in total. The number of hydrogen-bond acceptors (Lipinski definition) is 5. The first-order chi connectivity index (χ1) is 14.6. The lowest BCUT2D eigenvalue weighted by Crippen LogP contribution is -2.44. The normalized spacial score (nSPS) is 22.0. The highest BCUT2D eigenvalue weighted by molar-refractivity contribution is 5.95. The van der Waals surface area contributed by atoms with Gasteiger partial charge >= 0.3 is 0 Å². The Bertz CT molecular complexity index is 863. The van der Waals surface area contributed by atoms with E-state index >= 15 is 0 Å². The van der Waals surface area contributed by atoms with Crippen molar-refractivity contribution in [2.24, 2.45) is 0 Å². The van der Waals surface area contributed by atoms with Gasteiger partial charge < -0.3 is 20.4 Å². The first-order valence-corrected chi connectivity index (χ1v) is 10.6. The van der Waals surface area contributed by atoms with Crippen LogP contribution in [0.3, 0.4) is 0 Å². The summed E-state index contributed by atoms with van der Waals surface area (Å²) < 4.78 is 0. The molecule has 1 saturated carbocycles. The molecule has 1 aliphatic heterocycles. The van der Waals surface area contributed by atoms with Crippen LogP contribution < -0.4 is 15.5 Å². The molecule has 1 aromatic heterocycles. The second-order valence-corrected chi connectivity index (χ2v) is 8.23. The predicted octanol–water partition coefficient (Wildman–Crippen LogP) is 1.91. The lowest BCUT2D eigenvalue weighted by molar-refractivity contribution is 0.0936. The number of nitrogens with one attached hydrogen (secondary N) is 2. The molecule has 2 heterocycles. The van der Waals surface area contributed by atoms with Crippen LogP contribution in [0.25, 0.3) is 0 Å². The van der Waals surface area contributed by atoms with Crippen molar-refractivity contribution in [3.8, 4) is 0 Å². The molecule has 158 valence electrons. The van der Waals surface area contributed by atoms with E-state index in [1.807, 2.05) is 24.3 Å². The molecule has 2 atom stereocenters. The number of piperazine rings is 1. The van der Waals surface area contributed by atoms with Gasteiger partial charge in [-0.05, 0) is 62.7 Å². The van der Waals surface area contributed by atoms with E-state index in [4.69, 9.17) is 0 Å². The molecule has 1 aliphatic carbocycles. The van der Waals surface area contributed by atoms with Gasteiger partial charge in [0.15, 0.2) is 0 Å². The zero-order chi connectivity index (χ0) is 20.9. The molecular weight excluding hydrogens is 378 g/mol. The van der Waals surface area contributed by atoms with E-state index < -0.39 is 0 Å². The summed E-state index contributed by atoms with van der Waals surface area (Å²) in [7, 11) is 2.14. The van der Waals surface area contributed by atoms with Crippen LogP contribution in [0.15, 0.2) is 48.8 Å². The van der Waals surface area contributed by atoms with Gasteiger partial charge in [0, 0.05) is 67.5 Å². The summed E-state index contributed by atoms with van der Waals surface area (Å²) in [5, 5.41) is 6.18. The van der Waals surface area contributed by atoms with Gasteiger partial charge in [-0.15, -0.1) is 0 Å². The second-order valence-electron chi connectivity index (χ2n) is 8.23. The molecule has 4 rings (SSSR count). The summed E-state index contributed by atoms with van der Waals surface area (Å²) in [4.78, 5) is 33.6. The maximum absolute atomic E-state index is 12.7. The summed E-state index contributed by atoms with van der Waals surface area (Å²) in [6, 6.07) is 11.4. The standard InChI is InChI=1S/C23H29N5O2/c1-27-12-14-28(15-13-27)21-6-2-17(3-7-21)22(29)25-19-4-5-20(16-19)26-23(30)18-8-10-24-11-9-18/h2-3,6-11,19-20H,4-5,12-16H2,1H3,(H,25,29)(H,26,30)/t19-,20+/m0/s1. The van der Waals surface area contributed by atoms with Crippen molar-refractivity contribution in [2.75, 3.05) is 38.1 Å². The number of likely N-dealkylation sites (N-methyl/N-ethyl adjacent to an activating group) is 1. The number of rotatable bonds is 5. The van der Waals surface area contributed by atoms with Crippen molar-refractivity contribution >= 4 is 17.5 Å².